The summed E-state index contributed by atoms with van der Waals surface area (Å²) in [7, 11) is 0. The van der Waals surface area contributed by atoms with Crippen molar-refractivity contribution >= 4 is 41.2 Å². The molecule has 0 spiro atoms. The van der Waals surface area contributed by atoms with Gasteiger partial charge < -0.3 is 9.84 Å². The molecular formula is C24H26F2N2O5S2. The molecule has 0 radical (unpaired) electrons. The van der Waals surface area contributed by atoms with Crippen LogP contribution in [0.1, 0.15) is 50.5 Å². The van der Waals surface area contributed by atoms with E-state index in [1.165, 1.54) is 25.3 Å². The van der Waals surface area contributed by atoms with E-state index in [9.17, 15) is 19.5 Å². The maximum atomic E-state index is 17.3. The summed E-state index contributed by atoms with van der Waals surface area (Å²) in [5.41, 5.74) is -6.88. The summed E-state index contributed by atoms with van der Waals surface area (Å²) in [6.07, 6.45) is 1.50. The number of ketones is 1. The fourth-order valence-corrected chi connectivity index (χ4v) is 8.62. The van der Waals surface area contributed by atoms with Crippen molar-refractivity contribution < 1.29 is 33.0 Å². The lowest BCUT2D eigenvalue weighted by atomic mass is 9.44. The Morgan fingerprint density at radius 3 is 2.63 bits per heavy atom. The lowest BCUT2D eigenvalue weighted by Crippen LogP contribution is -2.70. The number of hydrogen-bond acceptors (Lipinski definition) is 8. The molecule has 35 heavy (non-hydrogen) atoms. The van der Waals surface area contributed by atoms with Crippen LogP contribution in [0.2, 0.25) is 0 Å². The molecule has 1 aromatic heterocycles. The zero-order valence-corrected chi connectivity index (χ0v) is 21.1. The van der Waals surface area contributed by atoms with Gasteiger partial charge in [0.1, 0.15) is 6.17 Å². The third-order valence-corrected chi connectivity index (χ3v) is 10.1. The molecule has 1 unspecified atom stereocenters. The smallest absolute Gasteiger partial charge is 0.360 e. The maximum absolute atomic E-state index is 17.3. The number of alkyl halides is 2. The molecule has 4 aliphatic rings. The van der Waals surface area contributed by atoms with Crippen molar-refractivity contribution in [1.82, 2.24) is 8.75 Å². The highest BCUT2D eigenvalue weighted by molar-refractivity contribution is 7.96. The minimum atomic E-state index is -2.29. The number of aliphatic hydroxyl groups is 1. The number of nitrogens with zero attached hydrogens (tertiary/aromatic N) is 2. The second kappa shape index (κ2) is 7.76. The van der Waals surface area contributed by atoms with Crippen molar-refractivity contribution in [2.24, 2.45) is 28.6 Å². The predicted octanol–water partition coefficient (Wildman–Crippen LogP) is 3.45. The number of ether oxygens (including phenoxy) is 1. The Morgan fingerprint density at radius 1 is 1.29 bits per heavy atom. The summed E-state index contributed by atoms with van der Waals surface area (Å²) < 4.78 is 46.3. The van der Waals surface area contributed by atoms with Gasteiger partial charge in [0, 0.05) is 22.7 Å². The summed E-state index contributed by atoms with van der Waals surface area (Å²) in [6, 6.07) is 0. The number of allylic oxidation sites excluding steroid dienone is 4. The molecular weight excluding hydrogens is 498 g/mol. The van der Waals surface area contributed by atoms with Gasteiger partial charge in [-0.15, -0.1) is 12.6 Å². The van der Waals surface area contributed by atoms with Crippen LogP contribution in [0.25, 0.3) is 0 Å². The highest BCUT2D eigenvalue weighted by Gasteiger charge is 2.78. The average Bonchev–Trinajstić information content (AvgIpc) is 3.39. The van der Waals surface area contributed by atoms with Crippen LogP contribution in [0, 0.1) is 28.6 Å². The topological polar surface area (TPSA) is 106 Å². The molecule has 9 atom stereocenters. The quantitative estimate of drug-likeness (QED) is 0.461. The third-order valence-electron chi connectivity index (χ3n) is 9.31. The maximum Gasteiger partial charge on any atom is 0.360 e. The molecule has 0 aromatic carbocycles. The van der Waals surface area contributed by atoms with E-state index in [2.05, 4.69) is 21.4 Å². The molecule has 0 saturated heterocycles. The highest BCUT2D eigenvalue weighted by Crippen LogP contribution is 2.71. The van der Waals surface area contributed by atoms with Crippen LogP contribution in [0.15, 0.2) is 30.0 Å². The Balaban J connectivity index is 1.62. The third kappa shape index (κ3) is 2.94. The summed E-state index contributed by atoms with van der Waals surface area (Å²) in [6.45, 7) is 4.92. The number of aromatic nitrogens is 2. The van der Waals surface area contributed by atoms with E-state index >= 15 is 8.78 Å². The Bertz CT molecular complexity index is 1170. The van der Waals surface area contributed by atoms with Crippen LogP contribution in [0.5, 0.6) is 0 Å². The molecule has 1 aromatic rings. The Kier molecular flexibility index (Phi) is 5.48. The van der Waals surface area contributed by atoms with Crippen LogP contribution >= 0.6 is 24.4 Å². The Labute approximate surface area is 210 Å². The van der Waals surface area contributed by atoms with Crippen molar-refractivity contribution in [1.29, 1.82) is 0 Å². The van der Waals surface area contributed by atoms with E-state index in [-0.39, 0.29) is 30.5 Å². The van der Waals surface area contributed by atoms with Gasteiger partial charge in [-0.25, -0.2) is 13.6 Å². The Morgan fingerprint density at radius 2 is 2.00 bits per heavy atom. The number of esters is 1. The number of halogens is 2. The molecule has 188 valence electrons. The van der Waals surface area contributed by atoms with E-state index in [0.717, 1.165) is 17.8 Å². The van der Waals surface area contributed by atoms with Gasteiger partial charge >= 0.3 is 5.97 Å². The zero-order chi connectivity index (χ0) is 25.6. The molecule has 3 fully saturated rings. The van der Waals surface area contributed by atoms with Crippen LogP contribution in [0.4, 0.5) is 8.78 Å². The average molecular weight is 525 g/mol. The molecule has 4 aliphatic carbocycles. The number of aliphatic hydroxyl groups excluding tert-OH is 1. The first-order chi connectivity index (χ1) is 16.3. The molecule has 0 amide bonds. The van der Waals surface area contributed by atoms with E-state index < -0.39 is 69.0 Å². The van der Waals surface area contributed by atoms with Crippen molar-refractivity contribution in [3.63, 3.8) is 0 Å². The fourth-order valence-electron chi connectivity index (χ4n) is 7.69. The van der Waals surface area contributed by atoms with Gasteiger partial charge in [-0.1, -0.05) is 19.9 Å². The summed E-state index contributed by atoms with van der Waals surface area (Å²) in [4.78, 5) is 38.0. The van der Waals surface area contributed by atoms with E-state index in [4.69, 9.17) is 4.74 Å². The van der Waals surface area contributed by atoms with Gasteiger partial charge in [0.25, 0.3) is 0 Å². The Hall–Kier alpha value is -1.98. The summed E-state index contributed by atoms with van der Waals surface area (Å²) in [5, 5.41) is 10.7. The minimum absolute atomic E-state index is 0.0245. The number of fused-ring (bicyclic) bond motifs is 5. The van der Waals surface area contributed by atoms with E-state index in [0.29, 0.717) is 0 Å². The first-order valence-corrected chi connectivity index (χ1v) is 12.7. The van der Waals surface area contributed by atoms with Crippen molar-refractivity contribution in [2.75, 3.05) is 0 Å². The van der Waals surface area contributed by atoms with E-state index in [1.54, 1.807) is 13.8 Å². The normalized spacial score (nSPS) is 46.3. The minimum Gasteiger partial charge on any atom is -0.444 e. The second-order valence-corrected chi connectivity index (χ2v) is 11.7. The van der Waals surface area contributed by atoms with Gasteiger partial charge in [-0.3, -0.25) is 9.59 Å². The fraction of sp³-hybridized carbons (Fsp3) is 0.625. The molecule has 1 heterocycles. The SMILES string of the molecule is CC1C[C@H]2[C@@H]3C[C@H](F)C4=CC(=O)C=C[C@]4(C)[C@@]3(F)[C@@H](O)C[C@]2(C)[C@@]1(OC(=O)c1cnsn1)C(=O)S. The zero-order valence-electron chi connectivity index (χ0n) is 19.4. The summed E-state index contributed by atoms with van der Waals surface area (Å²) in [5.74, 6) is -3.47. The first kappa shape index (κ1) is 24.7. The van der Waals surface area contributed by atoms with Gasteiger partial charge in [-0.2, -0.15) is 8.75 Å². The molecule has 0 bridgehead atoms. The monoisotopic (exact) mass is 524 g/mol. The number of rotatable bonds is 3. The van der Waals surface area contributed by atoms with Gasteiger partial charge in [0.15, 0.2) is 22.7 Å². The van der Waals surface area contributed by atoms with E-state index in [1.807, 2.05) is 0 Å². The lowest BCUT2D eigenvalue weighted by Gasteiger charge is -2.63. The molecule has 7 nitrogen and oxygen atoms in total. The second-order valence-electron chi connectivity index (χ2n) is 10.7. The molecule has 5 rings (SSSR count). The van der Waals surface area contributed by atoms with Gasteiger partial charge in [0.2, 0.25) is 5.12 Å². The molecule has 11 heteroatoms. The number of hydrogen-bond donors (Lipinski definition) is 2. The van der Waals surface area contributed by atoms with Crippen molar-refractivity contribution in [3.8, 4) is 0 Å². The van der Waals surface area contributed by atoms with Crippen LogP contribution in [-0.2, 0) is 14.3 Å². The highest BCUT2D eigenvalue weighted by atomic mass is 32.1. The van der Waals surface area contributed by atoms with Crippen LogP contribution in [0.3, 0.4) is 0 Å². The van der Waals surface area contributed by atoms with Crippen LogP contribution < -0.4 is 0 Å². The number of thiol groups is 1. The standard InChI is InChI=1S/C24H26F2N2O5S2/c1-11-6-13-14-8-16(25)15-7-12(29)4-5-21(15,2)23(14,26)18(30)9-22(13,3)24(11,20(32)34)33-19(31)17-10-27-35-28-17/h4-5,7,10-11,13-14,16,18,30H,6,8-9H2,1-3H3,(H,32,34)/t11?,13-,14-,16-,18-,21-,22-,23-,24-/m0/s1. The first-order valence-electron chi connectivity index (χ1n) is 11.5. The molecule has 3 saturated carbocycles. The van der Waals surface area contributed by atoms with Gasteiger partial charge in [-0.05, 0) is 49.8 Å². The van der Waals surface area contributed by atoms with Crippen LogP contribution in [-0.4, -0.2) is 54.3 Å². The lowest BCUT2D eigenvalue weighted by molar-refractivity contribution is -0.221. The number of carbonyl (C=O) groups is 3. The summed E-state index contributed by atoms with van der Waals surface area (Å²) >= 11 is 4.92. The largest absolute Gasteiger partial charge is 0.444 e. The molecule has 0 aliphatic heterocycles. The van der Waals surface area contributed by atoms with Gasteiger partial charge in [0.05, 0.1) is 24.0 Å². The van der Waals surface area contributed by atoms with Crippen molar-refractivity contribution in [3.05, 3.63) is 35.7 Å². The number of carbonyl (C=O) groups excluding carboxylic acids is 3. The molecule has 1 N–H and O–H groups in total. The predicted molar refractivity (Wildman–Crippen MR) is 125 cm³/mol. The van der Waals surface area contributed by atoms with Crippen molar-refractivity contribution in [2.45, 2.75) is 63.6 Å².